The molecule has 0 amide bonds. The molecule has 0 atom stereocenters. The van der Waals surface area contributed by atoms with Crippen LogP contribution in [0.2, 0.25) is 0 Å². The van der Waals surface area contributed by atoms with Gasteiger partial charge in [-0.05, 0) is 60.0 Å². The molecule has 0 fully saturated rings. The topological polar surface area (TPSA) is 87.0 Å². The molecule has 0 spiro atoms. The van der Waals surface area contributed by atoms with Crippen LogP contribution < -0.4 is 16.2 Å². The minimum Gasteiger partial charge on any atom is -0.487 e. The summed E-state index contributed by atoms with van der Waals surface area (Å²) in [4.78, 5) is 8.75. The van der Waals surface area contributed by atoms with Crippen molar-refractivity contribution >= 4 is 16.7 Å². The SMILES string of the molecule is Cc1cc(N)nc2cc(-c3ccc(OCc4ccccn4)c(CN)c3)ccc12. The summed E-state index contributed by atoms with van der Waals surface area (Å²) >= 11 is 0. The Labute approximate surface area is 164 Å². The van der Waals surface area contributed by atoms with Gasteiger partial charge < -0.3 is 16.2 Å². The largest absolute Gasteiger partial charge is 0.487 e. The molecule has 0 radical (unpaired) electrons. The molecule has 140 valence electrons. The van der Waals surface area contributed by atoms with Crippen LogP contribution in [0.25, 0.3) is 22.0 Å². The molecule has 5 nitrogen and oxygen atoms in total. The van der Waals surface area contributed by atoms with E-state index in [1.807, 2.05) is 43.3 Å². The number of aryl methyl sites for hydroxylation is 1. The normalized spacial score (nSPS) is 10.9. The number of nitrogen functional groups attached to an aromatic ring is 1. The van der Waals surface area contributed by atoms with E-state index in [4.69, 9.17) is 16.2 Å². The van der Waals surface area contributed by atoms with Gasteiger partial charge in [0.05, 0.1) is 11.2 Å². The standard InChI is InChI=1S/C23H22N4O/c1-15-10-23(25)27-21-12-17(5-7-20(15)21)16-6-8-22(18(11-16)13-24)28-14-19-4-2-3-9-26-19/h2-12H,13-14,24H2,1H3,(H2,25,27). The average molecular weight is 370 g/mol. The van der Waals surface area contributed by atoms with E-state index in [9.17, 15) is 0 Å². The quantitative estimate of drug-likeness (QED) is 0.549. The summed E-state index contributed by atoms with van der Waals surface area (Å²) in [6, 6.07) is 20.0. The van der Waals surface area contributed by atoms with Crippen LogP contribution in [0.4, 0.5) is 5.82 Å². The highest BCUT2D eigenvalue weighted by molar-refractivity contribution is 5.88. The smallest absolute Gasteiger partial charge is 0.130 e. The van der Waals surface area contributed by atoms with Crippen LogP contribution in [-0.4, -0.2) is 9.97 Å². The molecule has 4 aromatic rings. The lowest BCUT2D eigenvalue weighted by atomic mass is 9.99. The lowest BCUT2D eigenvalue weighted by molar-refractivity contribution is 0.298. The summed E-state index contributed by atoms with van der Waals surface area (Å²) in [5, 5.41) is 1.10. The first-order valence-corrected chi connectivity index (χ1v) is 9.17. The fraction of sp³-hybridized carbons (Fsp3) is 0.130. The van der Waals surface area contributed by atoms with Gasteiger partial charge >= 0.3 is 0 Å². The van der Waals surface area contributed by atoms with E-state index in [0.29, 0.717) is 19.0 Å². The second kappa shape index (κ2) is 7.66. The first-order valence-electron chi connectivity index (χ1n) is 9.17. The van der Waals surface area contributed by atoms with E-state index in [1.165, 1.54) is 0 Å². The Bertz CT molecular complexity index is 1130. The van der Waals surface area contributed by atoms with E-state index >= 15 is 0 Å². The fourth-order valence-corrected chi connectivity index (χ4v) is 3.30. The number of aromatic nitrogens is 2. The van der Waals surface area contributed by atoms with Crippen molar-refractivity contribution < 1.29 is 4.74 Å². The number of nitrogens with two attached hydrogens (primary N) is 2. The molecule has 0 aliphatic carbocycles. The van der Waals surface area contributed by atoms with Crippen LogP contribution in [0.1, 0.15) is 16.8 Å². The van der Waals surface area contributed by atoms with Crippen LogP contribution in [-0.2, 0) is 13.2 Å². The molecule has 0 saturated heterocycles. The van der Waals surface area contributed by atoms with Crippen molar-refractivity contribution in [2.75, 3.05) is 5.73 Å². The summed E-state index contributed by atoms with van der Waals surface area (Å²) in [7, 11) is 0. The number of nitrogens with zero attached hydrogens (tertiary/aromatic N) is 2. The molecule has 0 saturated carbocycles. The molecule has 4 N–H and O–H groups in total. The second-order valence-electron chi connectivity index (χ2n) is 6.73. The van der Waals surface area contributed by atoms with Crippen LogP contribution in [0, 0.1) is 6.92 Å². The molecular formula is C23H22N4O. The number of benzene rings is 2. The second-order valence-corrected chi connectivity index (χ2v) is 6.73. The Hall–Kier alpha value is -3.44. The third kappa shape index (κ3) is 3.66. The maximum atomic E-state index is 5.97. The third-order valence-electron chi connectivity index (χ3n) is 4.75. The predicted molar refractivity (Wildman–Crippen MR) is 113 cm³/mol. The summed E-state index contributed by atoms with van der Waals surface area (Å²) < 4.78 is 5.94. The van der Waals surface area contributed by atoms with Gasteiger partial charge in [0, 0.05) is 23.7 Å². The van der Waals surface area contributed by atoms with Crippen LogP contribution in [0.3, 0.4) is 0 Å². The Morgan fingerprint density at radius 2 is 1.79 bits per heavy atom. The van der Waals surface area contributed by atoms with Crippen LogP contribution in [0.5, 0.6) is 5.75 Å². The van der Waals surface area contributed by atoms with Gasteiger partial charge in [-0.25, -0.2) is 4.98 Å². The van der Waals surface area contributed by atoms with Crippen molar-refractivity contribution in [2.45, 2.75) is 20.1 Å². The molecule has 0 unspecified atom stereocenters. The molecule has 4 rings (SSSR count). The zero-order chi connectivity index (χ0) is 19.5. The zero-order valence-electron chi connectivity index (χ0n) is 15.7. The van der Waals surface area contributed by atoms with Crippen LogP contribution in [0.15, 0.2) is 66.9 Å². The molecule has 2 aromatic carbocycles. The Morgan fingerprint density at radius 1 is 0.964 bits per heavy atom. The van der Waals surface area contributed by atoms with Gasteiger partial charge in [0.2, 0.25) is 0 Å². The molecule has 0 aliphatic rings. The van der Waals surface area contributed by atoms with E-state index in [1.54, 1.807) is 6.20 Å². The predicted octanol–water partition coefficient (Wildman–Crippen LogP) is 4.23. The monoisotopic (exact) mass is 370 g/mol. The molecule has 0 aliphatic heterocycles. The lowest BCUT2D eigenvalue weighted by Gasteiger charge is -2.13. The van der Waals surface area contributed by atoms with Gasteiger partial charge in [-0.1, -0.05) is 24.3 Å². The molecular weight excluding hydrogens is 348 g/mol. The van der Waals surface area contributed by atoms with E-state index in [-0.39, 0.29) is 0 Å². The number of fused-ring (bicyclic) bond motifs is 1. The Balaban J connectivity index is 1.64. The van der Waals surface area contributed by atoms with Crippen molar-refractivity contribution in [1.29, 1.82) is 0 Å². The number of rotatable bonds is 5. The number of ether oxygens (including phenoxy) is 1. The van der Waals surface area contributed by atoms with Crippen molar-refractivity contribution in [1.82, 2.24) is 9.97 Å². The van der Waals surface area contributed by atoms with E-state index < -0.39 is 0 Å². The van der Waals surface area contributed by atoms with E-state index in [2.05, 4.69) is 34.2 Å². The van der Waals surface area contributed by atoms with Crippen molar-refractivity contribution in [2.24, 2.45) is 5.73 Å². The van der Waals surface area contributed by atoms with Gasteiger partial charge in [-0.2, -0.15) is 0 Å². The maximum Gasteiger partial charge on any atom is 0.130 e. The summed E-state index contributed by atoms with van der Waals surface area (Å²) in [6.45, 7) is 2.84. The highest BCUT2D eigenvalue weighted by atomic mass is 16.5. The summed E-state index contributed by atoms with van der Waals surface area (Å²) in [5.74, 6) is 1.30. The van der Waals surface area contributed by atoms with Gasteiger partial charge in [0.1, 0.15) is 18.2 Å². The van der Waals surface area contributed by atoms with Gasteiger partial charge in [0.25, 0.3) is 0 Å². The Morgan fingerprint density at radius 3 is 2.57 bits per heavy atom. The molecule has 2 heterocycles. The van der Waals surface area contributed by atoms with Crippen molar-refractivity contribution in [3.05, 3.63) is 83.7 Å². The summed E-state index contributed by atoms with van der Waals surface area (Å²) in [5.41, 5.74) is 17.8. The molecule has 28 heavy (non-hydrogen) atoms. The highest BCUT2D eigenvalue weighted by Crippen LogP contribution is 2.30. The fourth-order valence-electron chi connectivity index (χ4n) is 3.30. The number of anilines is 1. The van der Waals surface area contributed by atoms with Gasteiger partial charge in [-0.3, -0.25) is 4.98 Å². The average Bonchev–Trinajstić information content (AvgIpc) is 2.72. The molecule has 0 bridgehead atoms. The number of hydrogen-bond acceptors (Lipinski definition) is 5. The third-order valence-corrected chi connectivity index (χ3v) is 4.75. The number of hydrogen-bond donors (Lipinski definition) is 2. The van der Waals surface area contributed by atoms with Crippen molar-refractivity contribution in [3.8, 4) is 16.9 Å². The molecule has 5 heteroatoms. The lowest BCUT2D eigenvalue weighted by Crippen LogP contribution is -2.04. The Kier molecular flexibility index (Phi) is 4.91. The van der Waals surface area contributed by atoms with Crippen LogP contribution >= 0.6 is 0 Å². The number of pyridine rings is 2. The maximum absolute atomic E-state index is 5.97. The van der Waals surface area contributed by atoms with Gasteiger partial charge in [0.15, 0.2) is 0 Å². The summed E-state index contributed by atoms with van der Waals surface area (Å²) in [6.07, 6.45) is 1.76. The molecule has 2 aromatic heterocycles. The first kappa shape index (κ1) is 17.9. The minimum atomic E-state index is 0.392. The minimum absolute atomic E-state index is 0.392. The van der Waals surface area contributed by atoms with Crippen molar-refractivity contribution in [3.63, 3.8) is 0 Å². The first-order chi connectivity index (χ1) is 13.6. The van der Waals surface area contributed by atoms with Gasteiger partial charge in [-0.15, -0.1) is 0 Å². The zero-order valence-corrected chi connectivity index (χ0v) is 15.7. The van der Waals surface area contributed by atoms with E-state index in [0.717, 1.165) is 44.6 Å². The highest BCUT2D eigenvalue weighted by Gasteiger charge is 2.09.